The number of ether oxygens (including phenoxy) is 2. The first-order valence-corrected chi connectivity index (χ1v) is 13.5. The van der Waals surface area contributed by atoms with Gasteiger partial charge in [0.1, 0.15) is 5.75 Å². The van der Waals surface area contributed by atoms with Gasteiger partial charge in [0.15, 0.2) is 0 Å². The molecule has 8 rings (SSSR count). The Labute approximate surface area is 201 Å². The molecule has 0 amide bonds. The SMILES string of the molecule is c1cn(CCCOc2ccc([C@H]3CC[C@]4(CC3)OO[C@]3(O4)C4CC5CC(C4)CC3C5)cc2)cn1. The van der Waals surface area contributed by atoms with Crippen molar-refractivity contribution in [2.24, 2.45) is 23.7 Å². The largest absolute Gasteiger partial charge is 0.494 e. The highest BCUT2D eigenvalue weighted by Gasteiger charge is 2.66. The smallest absolute Gasteiger partial charge is 0.210 e. The monoisotopic (exact) mass is 464 g/mol. The third-order valence-corrected chi connectivity index (χ3v) is 9.43. The van der Waals surface area contributed by atoms with Gasteiger partial charge in [0.2, 0.25) is 11.6 Å². The summed E-state index contributed by atoms with van der Waals surface area (Å²) >= 11 is 0. The molecule has 4 bridgehead atoms. The molecule has 5 saturated carbocycles. The van der Waals surface area contributed by atoms with E-state index in [9.17, 15) is 0 Å². The molecule has 0 unspecified atom stereocenters. The van der Waals surface area contributed by atoms with Crippen molar-refractivity contribution in [1.29, 1.82) is 0 Å². The number of aryl methyl sites for hydroxylation is 1. The van der Waals surface area contributed by atoms with Crippen molar-refractivity contribution < 1.29 is 19.2 Å². The lowest BCUT2D eigenvalue weighted by Crippen LogP contribution is -2.59. The van der Waals surface area contributed by atoms with E-state index in [1.54, 1.807) is 0 Å². The van der Waals surface area contributed by atoms with Crippen LogP contribution in [-0.2, 0) is 21.1 Å². The Bertz CT molecular complexity index is 952. The molecule has 182 valence electrons. The van der Waals surface area contributed by atoms with Crippen LogP contribution in [0.3, 0.4) is 0 Å². The summed E-state index contributed by atoms with van der Waals surface area (Å²) in [6.45, 7) is 1.64. The molecule has 2 spiro atoms. The fourth-order valence-electron chi connectivity index (χ4n) is 7.88. The Morgan fingerprint density at radius 1 is 0.941 bits per heavy atom. The Kier molecular flexibility index (Phi) is 5.26. The first kappa shape index (κ1) is 21.4. The Morgan fingerprint density at radius 3 is 2.35 bits per heavy atom. The molecule has 2 aromatic rings. The topological polar surface area (TPSA) is 54.7 Å². The molecule has 1 aliphatic heterocycles. The fraction of sp³-hybridized carbons (Fsp3) is 0.679. The highest BCUT2D eigenvalue weighted by Crippen LogP contribution is 2.64. The van der Waals surface area contributed by atoms with Crippen LogP contribution in [0.2, 0.25) is 0 Å². The van der Waals surface area contributed by atoms with Gasteiger partial charge in [-0.2, -0.15) is 9.78 Å². The van der Waals surface area contributed by atoms with E-state index >= 15 is 0 Å². The molecule has 1 aromatic heterocycles. The summed E-state index contributed by atoms with van der Waals surface area (Å²) in [4.78, 5) is 16.4. The van der Waals surface area contributed by atoms with Crippen molar-refractivity contribution in [2.75, 3.05) is 6.61 Å². The zero-order valence-corrected chi connectivity index (χ0v) is 19.9. The van der Waals surface area contributed by atoms with Gasteiger partial charge in [-0.3, -0.25) is 0 Å². The molecule has 0 N–H and O–H groups in total. The predicted molar refractivity (Wildman–Crippen MR) is 126 cm³/mol. The van der Waals surface area contributed by atoms with E-state index in [1.807, 2.05) is 18.7 Å². The maximum Gasteiger partial charge on any atom is 0.210 e. The van der Waals surface area contributed by atoms with Crippen LogP contribution in [-0.4, -0.2) is 27.7 Å². The predicted octanol–water partition coefficient (Wildman–Crippen LogP) is 5.84. The molecular formula is C28H36N2O4. The average molecular weight is 465 g/mol. The second-order valence-electron chi connectivity index (χ2n) is 11.6. The summed E-state index contributed by atoms with van der Waals surface area (Å²) in [5.41, 5.74) is 1.39. The second-order valence-corrected chi connectivity index (χ2v) is 11.6. The van der Waals surface area contributed by atoms with Crippen LogP contribution < -0.4 is 4.74 Å². The highest BCUT2D eigenvalue weighted by molar-refractivity contribution is 5.30. The van der Waals surface area contributed by atoms with Gasteiger partial charge in [0.05, 0.1) is 12.9 Å². The zero-order chi connectivity index (χ0) is 22.6. The molecule has 6 heteroatoms. The number of aromatic nitrogens is 2. The molecule has 2 heterocycles. The maximum absolute atomic E-state index is 6.87. The lowest BCUT2D eigenvalue weighted by atomic mass is 9.53. The maximum atomic E-state index is 6.87. The molecule has 5 aliphatic carbocycles. The lowest BCUT2D eigenvalue weighted by molar-refractivity contribution is -0.390. The van der Waals surface area contributed by atoms with Crippen molar-refractivity contribution in [2.45, 2.75) is 88.2 Å². The van der Waals surface area contributed by atoms with Gasteiger partial charge in [-0.1, -0.05) is 12.1 Å². The van der Waals surface area contributed by atoms with Gasteiger partial charge in [0, 0.05) is 43.6 Å². The molecule has 6 fully saturated rings. The third kappa shape index (κ3) is 3.69. The zero-order valence-electron chi connectivity index (χ0n) is 19.9. The molecule has 34 heavy (non-hydrogen) atoms. The molecular weight excluding hydrogens is 428 g/mol. The Morgan fingerprint density at radius 2 is 1.68 bits per heavy atom. The van der Waals surface area contributed by atoms with Gasteiger partial charge < -0.3 is 14.0 Å². The normalized spacial score (nSPS) is 40.4. The number of rotatable bonds is 6. The van der Waals surface area contributed by atoms with Gasteiger partial charge in [-0.05, 0) is 86.8 Å². The summed E-state index contributed by atoms with van der Waals surface area (Å²) in [6, 6.07) is 8.71. The third-order valence-electron chi connectivity index (χ3n) is 9.43. The van der Waals surface area contributed by atoms with E-state index in [1.165, 1.54) is 37.7 Å². The second kappa shape index (κ2) is 8.35. The average Bonchev–Trinajstić information content (AvgIpc) is 3.50. The number of imidazole rings is 1. The Balaban J connectivity index is 0.928. The van der Waals surface area contributed by atoms with Crippen LogP contribution in [0.1, 0.15) is 75.7 Å². The molecule has 0 atom stereocenters. The summed E-state index contributed by atoms with van der Waals surface area (Å²) in [5.74, 6) is 3.39. The van der Waals surface area contributed by atoms with Crippen LogP contribution in [0.25, 0.3) is 0 Å². The molecule has 0 radical (unpaired) electrons. The van der Waals surface area contributed by atoms with Gasteiger partial charge in [0.25, 0.3) is 0 Å². The lowest BCUT2D eigenvalue weighted by Gasteiger charge is -2.57. The number of hydrogen-bond acceptors (Lipinski definition) is 5. The fourth-order valence-corrected chi connectivity index (χ4v) is 7.88. The summed E-state index contributed by atoms with van der Waals surface area (Å²) in [7, 11) is 0. The van der Waals surface area contributed by atoms with Crippen molar-refractivity contribution in [3.8, 4) is 5.75 Å². The van der Waals surface area contributed by atoms with Gasteiger partial charge in [-0.15, -0.1) is 0 Å². The van der Waals surface area contributed by atoms with Crippen LogP contribution in [0.5, 0.6) is 5.75 Å². The quantitative estimate of drug-likeness (QED) is 0.397. The van der Waals surface area contributed by atoms with Crippen molar-refractivity contribution in [3.63, 3.8) is 0 Å². The molecule has 6 nitrogen and oxygen atoms in total. The minimum Gasteiger partial charge on any atom is -0.494 e. The first-order valence-electron chi connectivity index (χ1n) is 13.5. The summed E-state index contributed by atoms with van der Waals surface area (Å²) in [6.07, 6.45) is 17.1. The standard InChI is InChI=1S/C28H36N2O4/c1(11-30-12-10-29-19-30)13-31-26-4-2-22(3-5-26)23-6-8-27(9-7-23)32-28(34-33-27)24-15-20-14-21(17-24)18-25(28)16-20/h2-5,10,12,19-21,23-25H,1,6-9,11,13-18H2/t20?,21?,23-,24?,25?,27+,28-. The number of nitrogens with zero attached hydrogens (tertiary/aromatic N) is 2. The highest BCUT2D eigenvalue weighted by atomic mass is 17.3. The van der Waals surface area contributed by atoms with Crippen molar-refractivity contribution >= 4 is 0 Å². The number of hydrogen-bond donors (Lipinski definition) is 0. The van der Waals surface area contributed by atoms with E-state index < -0.39 is 11.6 Å². The first-order chi connectivity index (χ1) is 16.7. The van der Waals surface area contributed by atoms with Gasteiger partial charge >= 0.3 is 0 Å². The minimum atomic E-state index is -0.524. The van der Waals surface area contributed by atoms with Crippen LogP contribution in [0.4, 0.5) is 0 Å². The van der Waals surface area contributed by atoms with E-state index in [0.29, 0.717) is 24.4 Å². The van der Waals surface area contributed by atoms with Crippen molar-refractivity contribution in [1.82, 2.24) is 9.55 Å². The van der Waals surface area contributed by atoms with E-state index in [0.717, 1.165) is 56.2 Å². The summed E-state index contributed by atoms with van der Waals surface area (Å²) < 4.78 is 14.9. The minimum absolute atomic E-state index is 0.447. The molecule has 1 saturated heterocycles. The van der Waals surface area contributed by atoms with E-state index in [-0.39, 0.29) is 0 Å². The number of benzene rings is 1. The summed E-state index contributed by atoms with van der Waals surface area (Å²) in [5, 5.41) is 0. The Hall–Kier alpha value is -1.89. The molecule has 1 aromatic carbocycles. The van der Waals surface area contributed by atoms with Crippen LogP contribution in [0, 0.1) is 23.7 Å². The molecule has 6 aliphatic rings. The van der Waals surface area contributed by atoms with Crippen LogP contribution in [0.15, 0.2) is 43.0 Å². The van der Waals surface area contributed by atoms with E-state index in [4.69, 9.17) is 19.2 Å². The van der Waals surface area contributed by atoms with E-state index in [2.05, 4.69) is 33.8 Å². The van der Waals surface area contributed by atoms with Crippen molar-refractivity contribution in [3.05, 3.63) is 48.5 Å². The van der Waals surface area contributed by atoms with Gasteiger partial charge in [-0.25, -0.2) is 4.98 Å². The van der Waals surface area contributed by atoms with Crippen LogP contribution >= 0.6 is 0 Å².